The maximum absolute atomic E-state index is 12.7. The smallest absolute Gasteiger partial charge is 0.410 e. The number of benzene rings is 2. The SMILES string of the molecule is CC(C)(C)OC(=O)N1CCC2(CC1)Cc1ccccc1C2=O.ICCCCCI.O=C1CCc2ccccc21.[2HH]. The molecule has 214 valence electrons. The predicted molar refractivity (Wildman–Crippen MR) is 177 cm³/mol. The molecule has 0 unspecified atom stereocenters. The fraction of sp³-hybridized carbons (Fsp3) is 0.531. The van der Waals surface area contributed by atoms with Gasteiger partial charge in [0.2, 0.25) is 0 Å². The first kappa shape index (κ1) is 32.0. The van der Waals surface area contributed by atoms with Crippen molar-refractivity contribution in [3.63, 3.8) is 0 Å². The molecule has 0 aromatic heterocycles. The van der Waals surface area contributed by atoms with Crippen molar-refractivity contribution in [3.05, 3.63) is 70.8 Å². The second-order valence-corrected chi connectivity index (χ2v) is 13.6. The summed E-state index contributed by atoms with van der Waals surface area (Å²) in [5.74, 6) is 0.558. The van der Waals surface area contributed by atoms with Crippen LogP contribution in [0.3, 0.4) is 0 Å². The van der Waals surface area contributed by atoms with Crippen molar-refractivity contribution in [2.24, 2.45) is 5.41 Å². The number of fused-ring (bicyclic) bond motifs is 2. The van der Waals surface area contributed by atoms with Crippen LogP contribution in [0.25, 0.3) is 0 Å². The number of Topliss-reactive ketones (excluding diaryl/α,β-unsaturated/α-hetero) is 2. The highest BCUT2D eigenvalue weighted by Crippen LogP contribution is 2.44. The molecule has 2 aromatic carbocycles. The van der Waals surface area contributed by atoms with Crippen LogP contribution in [-0.2, 0) is 17.6 Å². The molecule has 1 aliphatic heterocycles. The molecule has 1 heterocycles. The van der Waals surface area contributed by atoms with Crippen LogP contribution in [-0.4, -0.2) is 50.1 Å². The van der Waals surface area contributed by atoms with E-state index < -0.39 is 5.60 Å². The van der Waals surface area contributed by atoms with Gasteiger partial charge in [-0.15, -0.1) is 0 Å². The number of halogens is 2. The van der Waals surface area contributed by atoms with Gasteiger partial charge in [0, 0.05) is 37.5 Å². The molecule has 1 spiro atoms. The van der Waals surface area contributed by atoms with Crippen molar-refractivity contribution in [1.82, 2.24) is 4.90 Å². The van der Waals surface area contributed by atoms with Crippen LogP contribution in [0.1, 0.15) is 92.6 Å². The summed E-state index contributed by atoms with van der Waals surface area (Å²) in [5.41, 5.74) is 3.38. The predicted octanol–water partition coefficient (Wildman–Crippen LogP) is 8.53. The molecule has 1 amide bonds. The Labute approximate surface area is 262 Å². The third-order valence-electron chi connectivity index (χ3n) is 7.35. The summed E-state index contributed by atoms with van der Waals surface area (Å²) in [6, 6.07) is 15.7. The van der Waals surface area contributed by atoms with Gasteiger partial charge in [0.15, 0.2) is 11.6 Å². The molecule has 5 nitrogen and oxygen atoms in total. The average molecular weight is 761 g/mol. The van der Waals surface area contributed by atoms with Crippen molar-refractivity contribution < 1.29 is 20.5 Å². The number of carbonyl (C=O) groups is 3. The molecule has 0 saturated carbocycles. The quantitative estimate of drug-likeness (QED) is 0.178. The lowest BCUT2D eigenvalue weighted by molar-refractivity contribution is 0.0114. The number of aryl methyl sites for hydroxylation is 1. The molecule has 3 aliphatic rings. The highest BCUT2D eigenvalue weighted by Gasteiger charge is 2.47. The molecule has 0 N–H and O–H groups in total. The lowest BCUT2D eigenvalue weighted by atomic mass is 9.75. The van der Waals surface area contributed by atoms with Crippen LogP contribution < -0.4 is 0 Å². The number of carbonyl (C=O) groups excluding carboxylic acids is 3. The monoisotopic (exact) mass is 760 g/mol. The van der Waals surface area contributed by atoms with E-state index in [1.807, 2.05) is 69.3 Å². The Hall–Kier alpha value is -1.49. The minimum Gasteiger partial charge on any atom is -0.444 e. The van der Waals surface area contributed by atoms with Gasteiger partial charge in [0.1, 0.15) is 5.60 Å². The Morgan fingerprint density at radius 1 is 0.872 bits per heavy atom. The number of unbranched alkanes of at least 4 members (excludes halogenated alkanes) is 2. The van der Waals surface area contributed by atoms with Crippen LogP contribution in [0, 0.1) is 5.41 Å². The summed E-state index contributed by atoms with van der Waals surface area (Å²) in [6.07, 6.45) is 7.86. The molecule has 2 aromatic rings. The van der Waals surface area contributed by atoms with E-state index in [0.717, 1.165) is 42.4 Å². The summed E-state index contributed by atoms with van der Waals surface area (Å²) in [5, 5.41) is 0. The summed E-state index contributed by atoms with van der Waals surface area (Å²) in [4.78, 5) is 37.7. The van der Waals surface area contributed by atoms with E-state index in [1.165, 1.54) is 33.7 Å². The zero-order valence-corrected chi connectivity index (χ0v) is 27.8. The number of piperidine rings is 1. The van der Waals surface area contributed by atoms with E-state index in [0.29, 0.717) is 25.3 Å². The van der Waals surface area contributed by atoms with Crippen LogP contribution in [0.15, 0.2) is 48.5 Å². The second kappa shape index (κ2) is 14.9. The number of alkyl halides is 2. The molecule has 0 bridgehead atoms. The molecule has 2 aliphatic carbocycles. The number of amides is 1. The zero-order chi connectivity index (χ0) is 28.5. The van der Waals surface area contributed by atoms with Gasteiger partial charge in [-0.05, 0) is 79.3 Å². The van der Waals surface area contributed by atoms with Crippen molar-refractivity contribution in [1.29, 1.82) is 0 Å². The first-order chi connectivity index (χ1) is 18.6. The maximum atomic E-state index is 12.7. The van der Waals surface area contributed by atoms with Crippen molar-refractivity contribution >= 4 is 62.8 Å². The second-order valence-electron chi connectivity index (χ2n) is 11.4. The first-order valence-corrected chi connectivity index (χ1v) is 17.0. The van der Waals surface area contributed by atoms with Crippen LogP contribution in [0.2, 0.25) is 0 Å². The lowest BCUT2D eigenvalue weighted by Gasteiger charge is -2.38. The van der Waals surface area contributed by atoms with Gasteiger partial charge in [0.05, 0.1) is 0 Å². The maximum Gasteiger partial charge on any atom is 0.410 e. The lowest BCUT2D eigenvalue weighted by Crippen LogP contribution is -2.47. The van der Waals surface area contributed by atoms with Crippen molar-refractivity contribution in [2.45, 2.75) is 77.7 Å². The van der Waals surface area contributed by atoms with Gasteiger partial charge in [-0.3, -0.25) is 9.59 Å². The van der Waals surface area contributed by atoms with E-state index >= 15 is 0 Å². The van der Waals surface area contributed by atoms with Gasteiger partial charge in [0.25, 0.3) is 0 Å². The zero-order valence-electron chi connectivity index (χ0n) is 23.4. The summed E-state index contributed by atoms with van der Waals surface area (Å²) in [6.45, 7) is 6.79. The number of nitrogens with zero attached hydrogens (tertiary/aromatic N) is 1. The van der Waals surface area contributed by atoms with Gasteiger partial charge >= 0.3 is 6.09 Å². The van der Waals surface area contributed by atoms with E-state index in [4.69, 9.17) is 4.74 Å². The van der Waals surface area contributed by atoms with Gasteiger partial charge in [-0.1, -0.05) is 100 Å². The first-order valence-electron chi connectivity index (χ1n) is 13.9. The van der Waals surface area contributed by atoms with E-state index in [1.54, 1.807) is 4.90 Å². The van der Waals surface area contributed by atoms with Gasteiger partial charge in [-0.25, -0.2) is 4.79 Å². The van der Waals surface area contributed by atoms with Crippen LogP contribution >= 0.6 is 45.2 Å². The summed E-state index contributed by atoms with van der Waals surface area (Å²) in [7, 11) is 0. The summed E-state index contributed by atoms with van der Waals surface area (Å²) < 4.78 is 8.07. The molecule has 1 saturated heterocycles. The minimum atomic E-state index is -0.481. The molecule has 5 rings (SSSR count). The Bertz CT molecular complexity index is 1140. The Morgan fingerprint density at radius 3 is 1.97 bits per heavy atom. The van der Waals surface area contributed by atoms with Crippen LogP contribution in [0.5, 0.6) is 0 Å². The Kier molecular flexibility index (Phi) is 12.3. The highest BCUT2D eigenvalue weighted by atomic mass is 127. The molecule has 7 heteroatoms. The number of hydrogen-bond acceptors (Lipinski definition) is 4. The number of hydrogen-bond donors (Lipinski definition) is 0. The van der Waals surface area contributed by atoms with E-state index in [-0.39, 0.29) is 18.7 Å². The summed E-state index contributed by atoms with van der Waals surface area (Å²) >= 11 is 4.85. The Balaban J connectivity index is 0.000000257. The topological polar surface area (TPSA) is 63.7 Å². The third-order valence-corrected chi connectivity index (χ3v) is 8.88. The minimum absolute atomic E-state index is 0. The third kappa shape index (κ3) is 9.00. The van der Waals surface area contributed by atoms with E-state index in [9.17, 15) is 14.4 Å². The number of rotatable bonds is 4. The fourth-order valence-electron chi connectivity index (χ4n) is 5.23. The van der Waals surface area contributed by atoms with Gasteiger partial charge < -0.3 is 9.64 Å². The highest BCUT2D eigenvalue weighted by molar-refractivity contribution is 14.1. The van der Waals surface area contributed by atoms with Crippen molar-refractivity contribution in [2.75, 3.05) is 21.9 Å². The van der Waals surface area contributed by atoms with Crippen LogP contribution in [0.4, 0.5) is 4.79 Å². The molecular weight excluding hydrogens is 716 g/mol. The molecular formula is C32H43I2NO4. The number of likely N-dealkylation sites (tertiary alicyclic amines) is 1. The standard InChI is InChI=1S/C18H23NO3.C9H8O.C5H10I2.H2/c1-17(2,3)22-16(21)19-10-8-18(9-11-19)12-13-6-4-5-7-14(13)15(18)20;10-9-6-5-7-3-1-2-4-8(7)9;6-4-2-1-3-5-7;/h4-7H,8-12H2,1-3H3;1-4H,5-6H2;1-5H2;1H/i;;;1+1. The largest absolute Gasteiger partial charge is 0.444 e. The number of ketones is 2. The molecule has 39 heavy (non-hydrogen) atoms. The number of ether oxygens (including phenoxy) is 1. The Morgan fingerprint density at radius 2 is 1.44 bits per heavy atom. The molecule has 0 radical (unpaired) electrons. The van der Waals surface area contributed by atoms with Gasteiger partial charge in [-0.2, -0.15) is 0 Å². The molecule has 1 fully saturated rings. The van der Waals surface area contributed by atoms with Crippen molar-refractivity contribution in [3.8, 4) is 0 Å². The fourth-order valence-corrected chi connectivity index (χ4v) is 6.31. The normalized spacial score (nSPS) is 17.0. The molecule has 0 atom stereocenters. The van der Waals surface area contributed by atoms with E-state index in [2.05, 4.69) is 45.2 Å². The average Bonchev–Trinajstić information content (AvgIpc) is 3.42.